The van der Waals surface area contributed by atoms with Gasteiger partial charge in [-0.3, -0.25) is 4.79 Å². The maximum absolute atomic E-state index is 12.3. The average Bonchev–Trinajstić information content (AvgIpc) is 2.68. The summed E-state index contributed by atoms with van der Waals surface area (Å²) in [6.07, 6.45) is 0. The molecule has 6 heteroatoms. The Bertz CT molecular complexity index is 790. The van der Waals surface area contributed by atoms with Crippen LogP contribution < -0.4 is 15.0 Å². The predicted octanol–water partition coefficient (Wildman–Crippen LogP) is 2.33. The molecule has 0 aromatic heterocycles. The Morgan fingerprint density at radius 3 is 2.50 bits per heavy atom. The summed E-state index contributed by atoms with van der Waals surface area (Å²) >= 11 is 0. The van der Waals surface area contributed by atoms with Crippen LogP contribution in [0.3, 0.4) is 0 Å². The summed E-state index contributed by atoms with van der Waals surface area (Å²) in [5.74, 6) is 0.349. The average molecular weight is 350 g/mol. The van der Waals surface area contributed by atoms with Gasteiger partial charge in [0.05, 0.1) is 23.0 Å². The van der Waals surface area contributed by atoms with E-state index in [4.69, 9.17) is 10.00 Å². The molecule has 0 aliphatic carbocycles. The van der Waals surface area contributed by atoms with Gasteiger partial charge in [-0.15, -0.1) is 0 Å². The largest absolute Gasteiger partial charge is 0.484 e. The highest BCUT2D eigenvalue weighted by Crippen LogP contribution is 2.26. The number of nitrogens with one attached hydrogen (secondary N) is 1. The van der Waals surface area contributed by atoms with E-state index in [0.29, 0.717) is 11.3 Å². The molecule has 1 aliphatic rings. The summed E-state index contributed by atoms with van der Waals surface area (Å²) in [6, 6.07) is 16.6. The van der Waals surface area contributed by atoms with Crippen molar-refractivity contribution in [1.29, 1.82) is 5.26 Å². The van der Waals surface area contributed by atoms with Crippen molar-refractivity contribution < 1.29 is 9.53 Å². The number of ether oxygens (including phenoxy) is 1. The number of piperazine rings is 1. The number of anilines is 2. The molecule has 1 saturated heterocycles. The van der Waals surface area contributed by atoms with Crippen molar-refractivity contribution in [2.24, 2.45) is 0 Å². The lowest BCUT2D eigenvalue weighted by atomic mass is 10.2. The highest BCUT2D eigenvalue weighted by molar-refractivity contribution is 5.95. The number of nitrogens with zero attached hydrogens (tertiary/aromatic N) is 3. The molecule has 2 aromatic rings. The zero-order valence-electron chi connectivity index (χ0n) is 14.8. The maximum Gasteiger partial charge on any atom is 0.262 e. The summed E-state index contributed by atoms with van der Waals surface area (Å²) in [4.78, 5) is 16.9. The monoisotopic (exact) mass is 350 g/mol. The van der Waals surface area contributed by atoms with Crippen molar-refractivity contribution in [2.75, 3.05) is 50.1 Å². The number of hydrogen-bond donors (Lipinski definition) is 1. The number of hydrogen-bond acceptors (Lipinski definition) is 5. The second-order valence-corrected chi connectivity index (χ2v) is 6.28. The molecule has 1 fully saturated rings. The Labute approximate surface area is 153 Å². The van der Waals surface area contributed by atoms with Crippen molar-refractivity contribution in [2.45, 2.75) is 0 Å². The fourth-order valence-corrected chi connectivity index (χ4v) is 2.86. The lowest BCUT2D eigenvalue weighted by Crippen LogP contribution is -2.44. The van der Waals surface area contributed by atoms with E-state index in [1.54, 1.807) is 24.3 Å². The summed E-state index contributed by atoms with van der Waals surface area (Å²) in [5.41, 5.74) is 2.39. The Morgan fingerprint density at radius 1 is 1.12 bits per heavy atom. The number of amides is 1. The number of carbonyl (C=O) groups is 1. The Kier molecular flexibility index (Phi) is 5.72. The van der Waals surface area contributed by atoms with Crippen LogP contribution in [0.25, 0.3) is 0 Å². The van der Waals surface area contributed by atoms with Crippen molar-refractivity contribution in [3.05, 3.63) is 54.1 Å². The van der Waals surface area contributed by atoms with Crippen LogP contribution in [-0.2, 0) is 4.79 Å². The van der Waals surface area contributed by atoms with E-state index in [9.17, 15) is 4.79 Å². The van der Waals surface area contributed by atoms with Crippen LogP contribution in [-0.4, -0.2) is 50.6 Å². The lowest BCUT2D eigenvalue weighted by Gasteiger charge is -2.35. The third-order valence-corrected chi connectivity index (χ3v) is 4.38. The summed E-state index contributed by atoms with van der Waals surface area (Å²) in [5, 5.41) is 11.7. The molecule has 6 nitrogen and oxygen atoms in total. The van der Waals surface area contributed by atoms with Crippen LogP contribution in [0.2, 0.25) is 0 Å². The zero-order valence-corrected chi connectivity index (χ0v) is 14.8. The Morgan fingerprint density at radius 2 is 1.81 bits per heavy atom. The van der Waals surface area contributed by atoms with Crippen molar-refractivity contribution in [3.63, 3.8) is 0 Å². The molecule has 0 spiro atoms. The molecule has 134 valence electrons. The van der Waals surface area contributed by atoms with E-state index < -0.39 is 0 Å². The first-order valence-corrected chi connectivity index (χ1v) is 8.61. The van der Waals surface area contributed by atoms with Gasteiger partial charge in [0.1, 0.15) is 5.75 Å². The van der Waals surface area contributed by atoms with Gasteiger partial charge in [0.15, 0.2) is 6.61 Å². The predicted molar refractivity (Wildman–Crippen MR) is 101 cm³/mol. The number of rotatable bonds is 5. The molecule has 26 heavy (non-hydrogen) atoms. The molecule has 1 aliphatic heterocycles. The van der Waals surface area contributed by atoms with E-state index in [1.807, 2.05) is 30.3 Å². The van der Waals surface area contributed by atoms with Crippen LogP contribution in [0.15, 0.2) is 48.5 Å². The van der Waals surface area contributed by atoms with Gasteiger partial charge in [0.25, 0.3) is 5.91 Å². The van der Waals surface area contributed by atoms with Gasteiger partial charge in [-0.2, -0.15) is 5.26 Å². The van der Waals surface area contributed by atoms with Gasteiger partial charge in [-0.25, -0.2) is 0 Å². The van der Waals surface area contributed by atoms with Crippen molar-refractivity contribution in [3.8, 4) is 11.8 Å². The highest BCUT2D eigenvalue weighted by atomic mass is 16.5. The number of nitriles is 1. The minimum absolute atomic E-state index is 0.0804. The quantitative estimate of drug-likeness (QED) is 0.896. The molecule has 0 bridgehead atoms. The number of para-hydroxylation sites is 2. The molecular formula is C20H22N4O2. The van der Waals surface area contributed by atoms with Gasteiger partial charge in [0, 0.05) is 26.2 Å². The van der Waals surface area contributed by atoms with Crippen LogP contribution in [0.1, 0.15) is 5.56 Å². The SMILES string of the molecule is CN1CCN(c2ccccc2NC(=O)COc2ccc(C#N)cc2)CC1. The molecule has 2 aromatic carbocycles. The first-order chi connectivity index (χ1) is 12.7. The Hall–Kier alpha value is -3.04. The first-order valence-electron chi connectivity index (χ1n) is 8.61. The van der Waals surface area contributed by atoms with Crippen LogP contribution in [0, 0.1) is 11.3 Å². The number of likely N-dealkylation sites (N-methyl/N-ethyl adjacent to an activating group) is 1. The molecule has 1 heterocycles. The van der Waals surface area contributed by atoms with Gasteiger partial charge in [-0.05, 0) is 43.4 Å². The third kappa shape index (κ3) is 4.52. The summed E-state index contributed by atoms with van der Waals surface area (Å²) < 4.78 is 5.50. The van der Waals surface area contributed by atoms with Gasteiger partial charge >= 0.3 is 0 Å². The standard InChI is InChI=1S/C20H22N4O2/c1-23-10-12-24(13-11-23)19-5-3-2-4-18(19)22-20(25)15-26-17-8-6-16(14-21)7-9-17/h2-9H,10-13,15H2,1H3,(H,22,25). The highest BCUT2D eigenvalue weighted by Gasteiger charge is 2.17. The summed E-state index contributed by atoms with van der Waals surface area (Å²) in [6.45, 7) is 3.80. The second kappa shape index (κ2) is 8.37. The third-order valence-electron chi connectivity index (χ3n) is 4.38. The molecule has 0 unspecified atom stereocenters. The van der Waals surface area contributed by atoms with E-state index >= 15 is 0 Å². The van der Waals surface area contributed by atoms with Crippen LogP contribution in [0.4, 0.5) is 11.4 Å². The van der Waals surface area contributed by atoms with Crippen LogP contribution in [0.5, 0.6) is 5.75 Å². The molecule has 1 amide bonds. The second-order valence-electron chi connectivity index (χ2n) is 6.28. The van der Waals surface area contributed by atoms with E-state index in [1.165, 1.54) is 0 Å². The van der Waals surface area contributed by atoms with E-state index in [0.717, 1.165) is 37.6 Å². The van der Waals surface area contributed by atoms with Gasteiger partial charge in [0.2, 0.25) is 0 Å². The molecule has 1 N–H and O–H groups in total. The lowest BCUT2D eigenvalue weighted by molar-refractivity contribution is -0.118. The first kappa shape index (κ1) is 17.8. The normalized spacial score (nSPS) is 14.5. The number of benzene rings is 2. The van der Waals surface area contributed by atoms with E-state index in [2.05, 4.69) is 22.2 Å². The van der Waals surface area contributed by atoms with Gasteiger partial charge in [-0.1, -0.05) is 12.1 Å². The number of carbonyl (C=O) groups excluding carboxylic acids is 1. The van der Waals surface area contributed by atoms with Crippen LogP contribution >= 0.6 is 0 Å². The molecule has 0 atom stereocenters. The topological polar surface area (TPSA) is 68.6 Å². The van der Waals surface area contributed by atoms with E-state index in [-0.39, 0.29) is 12.5 Å². The minimum atomic E-state index is -0.212. The fraction of sp³-hybridized carbons (Fsp3) is 0.300. The molecular weight excluding hydrogens is 328 g/mol. The fourth-order valence-electron chi connectivity index (χ4n) is 2.86. The molecule has 0 radical (unpaired) electrons. The Balaban J connectivity index is 1.59. The zero-order chi connectivity index (χ0) is 18.4. The maximum atomic E-state index is 12.3. The van der Waals surface area contributed by atoms with Crippen molar-refractivity contribution in [1.82, 2.24) is 4.90 Å². The summed E-state index contributed by atoms with van der Waals surface area (Å²) in [7, 11) is 2.12. The minimum Gasteiger partial charge on any atom is -0.484 e. The smallest absolute Gasteiger partial charge is 0.262 e. The molecule has 3 rings (SSSR count). The van der Waals surface area contributed by atoms with Gasteiger partial charge < -0.3 is 19.9 Å². The molecule has 0 saturated carbocycles. The van der Waals surface area contributed by atoms with Crippen molar-refractivity contribution >= 4 is 17.3 Å².